The molecule has 5 amide bonds. The summed E-state index contributed by atoms with van der Waals surface area (Å²) in [5.41, 5.74) is 13.2. The van der Waals surface area contributed by atoms with Crippen LogP contribution in [0.15, 0.2) is 61.3 Å². The third-order valence-corrected chi connectivity index (χ3v) is 12.9. The summed E-state index contributed by atoms with van der Waals surface area (Å²) in [4.78, 5) is 83.6. The maximum Gasteiger partial charge on any atom is 0.342 e. The second kappa shape index (κ2) is 19.4. The summed E-state index contributed by atoms with van der Waals surface area (Å²) in [6.07, 6.45) is 4.06. The van der Waals surface area contributed by atoms with E-state index in [-0.39, 0.29) is 50.5 Å². The molecule has 1 aromatic carbocycles. The van der Waals surface area contributed by atoms with E-state index in [1.165, 1.54) is 32.8 Å². The first kappa shape index (κ1) is 48.5. The first-order chi connectivity index (χ1) is 31.8. The number of nitrogens with zero attached hydrogens (tertiary/aromatic N) is 9. The normalized spacial score (nSPS) is 21.0. The van der Waals surface area contributed by atoms with E-state index in [9.17, 15) is 24.0 Å². The van der Waals surface area contributed by atoms with Crippen molar-refractivity contribution in [1.29, 1.82) is 0 Å². The van der Waals surface area contributed by atoms with E-state index < -0.39 is 47.0 Å². The molecular weight excluding hydrogens is 857 g/mol. The Morgan fingerprint density at radius 2 is 1.90 bits per heavy atom. The molecule has 7 rings (SSSR count). The monoisotopic (exact) mass is 921 g/mol. The number of cyclic esters (lactones) is 1. The van der Waals surface area contributed by atoms with Crippen LogP contribution in [0.3, 0.4) is 0 Å². The van der Waals surface area contributed by atoms with Crippen LogP contribution in [0.5, 0.6) is 0 Å². The average Bonchev–Trinajstić information content (AvgIpc) is 3.83. The van der Waals surface area contributed by atoms with Crippen molar-refractivity contribution < 1.29 is 33.4 Å². The SMILES string of the molecule is C=CC(=O)N1CCCN(C(=O)N(C)[C@@H](C(=C)C)C(=O)N[C@H]2Cc3nc(n(C)n3)-c3ccc4c(c3)c(c(-c3cccnc3[C@H](C)OC)n4CC)CC(C)(C)COC(=O)[C@@]3(N)CCCN(N3)C2=O)C1. The van der Waals surface area contributed by atoms with Gasteiger partial charge in [0.15, 0.2) is 17.3 Å². The lowest BCUT2D eigenvalue weighted by molar-refractivity contribution is -0.163. The van der Waals surface area contributed by atoms with Crippen LogP contribution in [0, 0.1) is 5.41 Å². The second-order valence-corrected chi connectivity index (χ2v) is 18.7. The van der Waals surface area contributed by atoms with Crippen molar-refractivity contribution in [3.63, 3.8) is 0 Å². The largest absolute Gasteiger partial charge is 0.463 e. The first-order valence-corrected chi connectivity index (χ1v) is 22.8. The fraction of sp³-hybridized carbons (Fsp3) is 0.500. The summed E-state index contributed by atoms with van der Waals surface area (Å²) in [5, 5.41) is 9.85. The third kappa shape index (κ3) is 9.71. The Kier molecular flexibility index (Phi) is 14.1. The number of carbonyl (C=O) groups excluding carboxylic acids is 5. The van der Waals surface area contributed by atoms with Crippen LogP contribution >= 0.6 is 0 Å². The lowest BCUT2D eigenvalue weighted by Crippen LogP contribution is -2.71. The van der Waals surface area contributed by atoms with E-state index in [1.54, 1.807) is 32.0 Å². The number of aromatic nitrogens is 5. The highest BCUT2D eigenvalue weighted by molar-refractivity contribution is 5.96. The van der Waals surface area contributed by atoms with Gasteiger partial charge in [-0.2, -0.15) is 5.10 Å². The molecule has 6 bridgehead atoms. The molecule has 0 saturated carbocycles. The van der Waals surface area contributed by atoms with Crippen molar-refractivity contribution in [3.8, 4) is 22.6 Å². The first-order valence-electron chi connectivity index (χ1n) is 22.8. The number of hydrogen-bond acceptors (Lipinski definition) is 12. The minimum atomic E-state index is -1.78. The summed E-state index contributed by atoms with van der Waals surface area (Å²) >= 11 is 0. The molecule has 0 spiro atoms. The molecule has 0 aliphatic carbocycles. The van der Waals surface area contributed by atoms with Gasteiger partial charge in [-0.3, -0.25) is 24.4 Å². The number of carbonyl (C=O) groups is 5. The number of rotatable bonds is 9. The Morgan fingerprint density at radius 1 is 1.15 bits per heavy atom. The van der Waals surface area contributed by atoms with E-state index in [0.29, 0.717) is 50.3 Å². The van der Waals surface area contributed by atoms with Crippen molar-refractivity contribution >= 4 is 40.6 Å². The van der Waals surface area contributed by atoms with E-state index in [4.69, 9.17) is 30.3 Å². The lowest BCUT2D eigenvalue weighted by Gasteiger charge is -2.41. The van der Waals surface area contributed by atoms with Crippen LogP contribution in [-0.2, 0) is 55.1 Å². The number of hydrazine groups is 1. The summed E-state index contributed by atoms with van der Waals surface area (Å²) in [7, 11) is 4.91. The summed E-state index contributed by atoms with van der Waals surface area (Å²) in [6, 6.07) is 7.11. The molecule has 0 unspecified atom stereocenters. The Hall–Kier alpha value is -6.44. The number of methoxy groups -OCH3 is 1. The third-order valence-electron chi connectivity index (χ3n) is 12.9. The summed E-state index contributed by atoms with van der Waals surface area (Å²) in [6.45, 7) is 19.0. The Morgan fingerprint density at radius 3 is 2.60 bits per heavy atom. The van der Waals surface area contributed by atoms with Gasteiger partial charge in [-0.05, 0) is 94.0 Å². The topological polar surface area (TPSA) is 215 Å². The van der Waals surface area contributed by atoms with Crippen LogP contribution in [0.2, 0.25) is 0 Å². The van der Waals surface area contributed by atoms with Gasteiger partial charge in [0.25, 0.3) is 5.91 Å². The van der Waals surface area contributed by atoms with E-state index in [2.05, 4.69) is 53.6 Å². The van der Waals surface area contributed by atoms with E-state index >= 15 is 0 Å². The van der Waals surface area contributed by atoms with Gasteiger partial charge in [0.1, 0.15) is 12.1 Å². The van der Waals surface area contributed by atoms with Crippen molar-refractivity contribution in [1.82, 2.24) is 54.8 Å². The highest BCUT2D eigenvalue weighted by Gasteiger charge is 2.44. The van der Waals surface area contributed by atoms with Crippen LogP contribution in [0.25, 0.3) is 33.5 Å². The smallest absolute Gasteiger partial charge is 0.342 e. The van der Waals surface area contributed by atoms with Gasteiger partial charge >= 0.3 is 12.0 Å². The molecule has 0 radical (unpaired) electrons. The Balaban J connectivity index is 1.31. The average molecular weight is 921 g/mol. The molecule has 4 N–H and O–H groups in total. The molecule has 67 heavy (non-hydrogen) atoms. The van der Waals surface area contributed by atoms with Crippen molar-refractivity contribution in [2.24, 2.45) is 18.2 Å². The number of benzene rings is 1. The van der Waals surface area contributed by atoms with Crippen molar-refractivity contribution in [3.05, 3.63) is 78.4 Å². The van der Waals surface area contributed by atoms with Gasteiger partial charge in [0.05, 0.1) is 30.8 Å². The maximum absolute atomic E-state index is 14.7. The molecular formula is C48H64N12O7. The van der Waals surface area contributed by atoms with Crippen molar-refractivity contribution in [2.45, 2.75) is 97.1 Å². The van der Waals surface area contributed by atoms with Crippen LogP contribution < -0.4 is 16.5 Å². The predicted octanol–water partition coefficient (Wildman–Crippen LogP) is 3.84. The summed E-state index contributed by atoms with van der Waals surface area (Å²) in [5.74, 6) is -1.54. The van der Waals surface area contributed by atoms with Gasteiger partial charge in [0, 0.05) is 87.4 Å². The quantitative estimate of drug-likeness (QED) is 0.124. The fourth-order valence-corrected chi connectivity index (χ4v) is 9.46. The number of nitrogens with two attached hydrogens (primary N) is 1. The molecule has 358 valence electrons. The number of fused-ring (bicyclic) bond motifs is 6. The van der Waals surface area contributed by atoms with E-state index in [0.717, 1.165) is 39.0 Å². The molecule has 4 aromatic rings. The number of esters is 1. The lowest BCUT2D eigenvalue weighted by atomic mass is 9.84. The van der Waals surface area contributed by atoms with Crippen molar-refractivity contribution in [2.75, 3.05) is 47.1 Å². The van der Waals surface area contributed by atoms with Gasteiger partial charge in [-0.15, -0.1) is 0 Å². The van der Waals surface area contributed by atoms with Gasteiger partial charge in [-0.1, -0.05) is 27.0 Å². The van der Waals surface area contributed by atoms with Crippen LogP contribution in [0.1, 0.15) is 77.1 Å². The highest BCUT2D eigenvalue weighted by atomic mass is 16.5. The minimum Gasteiger partial charge on any atom is -0.463 e. The molecule has 3 aliphatic heterocycles. The number of aryl methyl sites for hydroxylation is 2. The molecule has 6 heterocycles. The minimum absolute atomic E-state index is 0.00654. The fourth-order valence-electron chi connectivity index (χ4n) is 9.46. The van der Waals surface area contributed by atoms with Gasteiger partial charge < -0.3 is 39.8 Å². The number of amides is 5. The van der Waals surface area contributed by atoms with Gasteiger partial charge in [-0.25, -0.2) is 24.7 Å². The number of nitrogens with one attached hydrogen (secondary N) is 2. The number of likely N-dealkylation sites (N-methyl/N-ethyl adjacent to an activating group) is 1. The second-order valence-electron chi connectivity index (χ2n) is 18.7. The molecule has 19 heteroatoms. The highest BCUT2D eigenvalue weighted by Crippen LogP contribution is 2.42. The van der Waals surface area contributed by atoms with Crippen LogP contribution in [0.4, 0.5) is 4.79 Å². The Bertz CT molecular complexity index is 2600. The molecule has 4 atom stereocenters. The van der Waals surface area contributed by atoms with E-state index in [1.807, 2.05) is 32.9 Å². The molecule has 2 fully saturated rings. The molecule has 2 saturated heterocycles. The number of ether oxygens (including phenoxy) is 2. The van der Waals surface area contributed by atoms with Gasteiger partial charge in [0.2, 0.25) is 11.8 Å². The van der Waals surface area contributed by atoms with Crippen LogP contribution in [-0.4, -0.2) is 139 Å². The molecule has 19 nitrogen and oxygen atoms in total. The number of pyridine rings is 1. The predicted molar refractivity (Wildman–Crippen MR) is 251 cm³/mol. The zero-order valence-corrected chi connectivity index (χ0v) is 39.9. The molecule has 3 aliphatic rings. The summed E-state index contributed by atoms with van der Waals surface area (Å²) < 4.78 is 15.8. The molecule has 3 aromatic heterocycles. The zero-order valence-electron chi connectivity index (χ0n) is 39.9. The number of hydrogen-bond donors (Lipinski definition) is 3. The Labute approximate surface area is 391 Å². The zero-order chi connectivity index (χ0) is 48.5. The maximum atomic E-state index is 14.7. The standard InChI is InChI=1S/C48H64N12O7/c1-11-38(61)57-21-15-22-58(28-57)46(65)55(8)40(29(3)4)43(62)51-35-25-37-52-42(56(9)53-37)31-17-18-36-33(24-31)34(41(59(36)12-2)32-16-13-20-50-39(32)30(5)66-10)26-47(6,7)27-67-45(64)48(49)19-14-23-60(54-48)44(35)63/h11,13,16-18,20,24,30,35,40,54H,1,3,12,14-15,19,21-23,25-28,49H2,2,4-10H3,(H,51,62)/t30-,35-,40-,48+/m0/s1. The number of urea groups is 1.